The van der Waals surface area contributed by atoms with Gasteiger partial charge in [0.05, 0.1) is 17.5 Å². The van der Waals surface area contributed by atoms with Crippen molar-refractivity contribution >= 4 is 29.4 Å². The molecule has 0 radical (unpaired) electrons. The van der Waals surface area contributed by atoms with Gasteiger partial charge >= 0.3 is 5.97 Å². The van der Waals surface area contributed by atoms with Gasteiger partial charge in [0.2, 0.25) is 5.91 Å². The van der Waals surface area contributed by atoms with Crippen molar-refractivity contribution in [2.45, 2.75) is 52.2 Å². The van der Waals surface area contributed by atoms with Crippen LogP contribution in [0.25, 0.3) is 11.3 Å². The van der Waals surface area contributed by atoms with Crippen LogP contribution >= 0.6 is 0 Å². The maximum atomic E-state index is 14.8. The van der Waals surface area contributed by atoms with Crippen molar-refractivity contribution in [2.75, 3.05) is 18.5 Å². The van der Waals surface area contributed by atoms with E-state index in [1.54, 1.807) is 29.0 Å². The molecule has 7 rings (SSSR count). The van der Waals surface area contributed by atoms with Crippen molar-refractivity contribution in [3.05, 3.63) is 147 Å². The molecule has 9 heteroatoms. The summed E-state index contributed by atoms with van der Waals surface area (Å²) < 4.78 is 1.99. The van der Waals surface area contributed by atoms with Crippen LogP contribution in [0.3, 0.4) is 0 Å². The van der Waals surface area contributed by atoms with Gasteiger partial charge < -0.3 is 24.4 Å². The molecule has 3 amide bonds. The summed E-state index contributed by atoms with van der Waals surface area (Å²) in [6.07, 6.45) is 1.43. The third kappa shape index (κ3) is 6.50. The number of carboxylic acid groups (broad SMARTS) is 1. The van der Waals surface area contributed by atoms with E-state index in [9.17, 15) is 24.3 Å². The van der Waals surface area contributed by atoms with Gasteiger partial charge in [0.1, 0.15) is 0 Å². The Morgan fingerprint density at radius 3 is 2.29 bits per heavy atom. The molecule has 4 aromatic carbocycles. The zero-order valence-electron chi connectivity index (χ0n) is 29.9. The highest BCUT2D eigenvalue weighted by Gasteiger charge is 2.32. The topological polar surface area (TPSA) is 103 Å². The second-order valence-corrected chi connectivity index (χ2v) is 14.0. The number of amides is 3. The van der Waals surface area contributed by atoms with Crippen molar-refractivity contribution in [1.29, 1.82) is 0 Å². The van der Waals surface area contributed by atoms with E-state index in [1.807, 2.05) is 78.0 Å². The summed E-state index contributed by atoms with van der Waals surface area (Å²) in [6.45, 7) is 5.33. The second-order valence-electron chi connectivity index (χ2n) is 14.0. The van der Waals surface area contributed by atoms with Gasteiger partial charge in [-0.25, -0.2) is 4.79 Å². The number of fused-ring (bicyclic) bond motifs is 2. The largest absolute Gasteiger partial charge is 0.478 e. The molecule has 0 bridgehead atoms. The predicted molar refractivity (Wildman–Crippen MR) is 200 cm³/mol. The van der Waals surface area contributed by atoms with E-state index in [1.165, 1.54) is 17.7 Å². The number of nitrogens with zero attached hydrogens (tertiary/aromatic N) is 4. The van der Waals surface area contributed by atoms with E-state index in [0.29, 0.717) is 42.7 Å². The van der Waals surface area contributed by atoms with E-state index in [0.717, 1.165) is 45.7 Å². The second kappa shape index (κ2) is 14.0. The van der Waals surface area contributed by atoms with Gasteiger partial charge in [-0.1, -0.05) is 54.6 Å². The SMILES string of the molecule is Cc1c(C(=O)N(C)c2ccccc2)cc(-c2cc3c(cc2C(=O)N2Cc4ccccc4C[C@H]2C)CN(C(=O)Cc2cccc(C(=O)O)c2)CC3)n1C. The maximum Gasteiger partial charge on any atom is 0.335 e. The normalized spacial score (nSPS) is 15.1. The quantitative estimate of drug-likeness (QED) is 0.205. The number of benzene rings is 4. The number of rotatable bonds is 7. The fraction of sp³-hybridized carbons (Fsp3) is 0.256. The van der Waals surface area contributed by atoms with Crippen molar-refractivity contribution < 1.29 is 24.3 Å². The number of anilines is 1. The molecule has 0 saturated heterocycles. The molecule has 1 N–H and O–H groups in total. The zero-order valence-corrected chi connectivity index (χ0v) is 29.9. The molecular formula is C43H42N4O5. The number of aromatic carboxylic acids is 1. The average Bonchev–Trinajstić information content (AvgIpc) is 3.46. The average molecular weight is 695 g/mol. The van der Waals surface area contributed by atoms with Crippen molar-refractivity contribution in [1.82, 2.24) is 14.4 Å². The summed E-state index contributed by atoms with van der Waals surface area (Å²) in [5.41, 5.74) is 9.32. The van der Waals surface area contributed by atoms with Crippen LogP contribution in [0.4, 0.5) is 5.69 Å². The molecule has 2 aliphatic rings. The first-order chi connectivity index (χ1) is 25.0. The van der Waals surface area contributed by atoms with Gasteiger partial charge in [-0.15, -0.1) is 0 Å². The number of para-hydroxylation sites is 1. The number of hydrogen-bond donors (Lipinski definition) is 1. The van der Waals surface area contributed by atoms with Crippen LogP contribution in [0.5, 0.6) is 0 Å². The fourth-order valence-corrected chi connectivity index (χ4v) is 7.54. The lowest BCUT2D eigenvalue weighted by Crippen LogP contribution is -2.43. The summed E-state index contributed by atoms with van der Waals surface area (Å²) in [5, 5.41) is 9.42. The highest BCUT2D eigenvalue weighted by Crippen LogP contribution is 2.36. The summed E-state index contributed by atoms with van der Waals surface area (Å²) in [4.78, 5) is 59.1. The highest BCUT2D eigenvalue weighted by molar-refractivity contribution is 6.08. The van der Waals surface area contributed by atoms with Gasteiger partial charge in [-0.05, 0) is 97.0 Å². The molecule has 3 heterocycles. The van der Waals surface area contributed by atoms with Crippen molar-refractivity contribution in [2.24, 2.45) is 7.05 Å². The first-order valence-electron chi connectivity index (χ1n) is 17.6. The standard InChI is InChI=1S/C43H42N4O5/c1-27-19-30-12-8-9-13-33(30)26-47(27)42(50)38-23-34-25-46(40(48)21-29-11-10-14-32(20-29)43(51)52)18-17-31(34)22-37(38)39-24-36(28(2)44(39)3)41(49)45(4)35-15-6-5-7-16-35/h5-16,20,22-24,27H,17-19,21,25-26H2,1-4H3,(H,51,52)/t27-/m1/s1. The maximum absolute atomic E-state index is 14.8. The summed E-state index contributed by atoms with van der Waals surface area (Å²) in [5.74, 6) is -1.37. The number of carboxylic acids is 1. The van der Waals surface area contributed by atoms with Crippen LogP contribution in [0.1, 0.15) is 71.5 Å². The molecular weight excluding hydrogens is 652 g/mol. The predicted octanol–water partition coefficient (Wildman–Crippen LogP) is 6.69. The molecule has 9 nitrogen and oxygen atoms in total. The number of aromatic nitrogens is 1. The molecule has 2 aliphatic heterocycles. The Labute approximate surface area is 303 Å². The van der Waals surface area contributed by atoms with Gasteiger partial charge in [-0.2, -0.15) is 0 Å². The van der Waals surface area contributed by atoms with Crippen LogP contribution in [-0.4, -0.2) is 62.8 Å². The minimum absolute atomic E-state index is 0.0299. The number of carbonyl (C=O) groups excluding carboxylic acids is 3. The first-order valence-corrected chi connectivity index (χ1v) is 17.6. The monoisotopic (exact) mass is 694 g/mol. The zero-order chi connectivity index (χ0) is 36.7. The Hall–Kier alpha value is -5.96. The van der Waals surface area contributed by atoms with Crippen molar-refractivity contribution in [3.8, 4) is 11.3 Å². The van der Waals surface area contributed by atoms with E-state index < -0.39 is 5.97 Å². The van der Waals surface area contributed by atoms with E-state index in [-0.39, 0.29) is 35.7 Å². The number of hydrogen-bond acceptors (Lipinski definition) is 4. The van der Waals surface area contributed by atoms with Crippen LogP contribution in [0.2, 0.25) is 0 Å². The first kappa shape index (κ1) is 34.5. The van der Waals surface area contributed by atoms with Gasteiger partial charge in [0, 0.05) is 68.0 Å². The van der Waals surface area contributed by atoms with E-state index in [4.69, 9.17) is 0 Å². The smallest absolute Gasteiger partial charge is 0.335 e. The highest BCUT2D eigenvalue weighted by atomic mass is 16.4. The van der Waals surface area contributed by atoms with E-state index >= 15 is 0 Å². The van der Waals surface area contributed by atoms with Gasteiger partial charge in [0.15, 0.2) is 0 Å². The minimum atomic E-state index is -1.03. The Morgan fingerprint density at radius 1 is 0.808 bits per heavy atom. The molecule has 1 aromatic heterocycles. The molecule has 0 fully saturated rings. The summed E-state index contributed by atoms with van der Waals surface area (Å²) in [7, 11) is 3.69. The van der Waals surface area contributed by atoms with E-state index in [2.05, 4.69) is 25.1 Å². The van der Waals surface area contributed by atoms with Crippen LogP contribution in [0.15, 0.2) is 97.1 Å². The molecule has 5 aromatic rings. The molecule has 0 saturated carbocycles. The summed E-state index contributed by atoms with van der Waals surface area (Å²) in [6, 6.07) is 30.1. The lowest BCUT2D eigenvalue weighted by molar-refractivity contribution is -0.131. The van der Waals surface area contributed by atoms with Crippen LogP contribution < -0.4 is 4.90 Å². The lowest BCUT2D eigenvalue weighted by atomic mass is 9.89. The molecule has 0 unspecified atom stereocenters. The minimum Gasteiger partial charge on any atom is -0.478 e. The number of carbonyl (C=O) groups is 4. The lowest BCUT2D eigenvalue weighted by Gasteiger charge is -2.36. The van der Waals surface area contributed by atoms with Crippen molar-refractivity contribution in [3.63, 3.8) is 0 Å². The third-order valence-corrected chi connectivity index (χ3v) is 10.7. The van der Waals surface area contributed by atoms with Gasteiger partial charge in [0.25, 0.3) is 11.8 Å². The Bertz CT molecular complexity index is 2220. The molecule has 52 heavy (non-hydrogen) atoms. The molecule has 0 aliphatic carbocycles. The summed E-state index contributed by atoms with van der Waals surface area (Å²) >= 11 is 0. The molecule has 264 valence electrons. The van der Waals surface area contributed by atoms with Gasteiger partial charge in [-0.3, -0.25) is 14.4 Å². The Morgan fingerprint density at radius 2 is 1.54 bits per heavy atom. The van der Waals surface area contributed by atoms with Crippen LogP contribution in [-0.2, 0) is 44.2 Å². The van der Waals surface area contributed by atoms with Crippen LogP contribution in [0, 0.1) is 6.92 Å². The Balaban J connectivity index is 1.26. The Kier molecular flexibility index (Phi) is 9.27. The fourth-order valence-electron chi connectivity index (χ4n) is 7.54. The third-order valence-electron chi connectivity index (χ3n) is 10.7. The molecule has 0 spiro atoms. The molecule has 1 atom stereocenters.